The Labute approximate surface area is 167 Å². The summed E-state index contributed by atoms with van der Waals surface area (Å²) in [6, 6.07) is 8.42. The third kappa shape index (κ3) is 4.44. The van der Waals surface area contributed by atoms with E-state index in [2.05, 4.69) is 55.7 Å². The first-order valence-corrected chi connectivity index (χ1v) is 10.9. The summed E-state index contributed by atoms with van der Waals surface area (Å²) >= 11 is 1.74. The first-order chi connectivity index (χ1) is 12.9. The van der Waals surface area contributed by atoms with Crippen molar-refractivity contribution in [3.05, 3.63) is 46.4 Å². The lowest BCUT2D eigenvalue weighted by Crippen LogP contribution is -2.61. The molecule has 1 saturated carbocycles. The molecule has 1 aromatic heterocycles. The molecule has 1 aliphatic rings. The molecule has 0 atom stereocenters. The van der Waals surface area contributed by atoms with Gasteiger partial charge in [0, 0.05) is 18.3 Å². The summed E-state index contributed by atoms with van der Waals surface area (Å²) in [5.41, 5.74) is 3.64. The summed E-state index contributed by atoms with van der Waals surface area (Å²) in [4.78, 5) is 15.2. The van der Waals surface area contributed by atoms with Gasteiger partial charge in [0.1, 0.15) is 0 Å². The van der Waals surface area contributed by atoms with Crippen LogP contribution in [0.1, 0.15) is 58.4 Å². The van der Waals surface area contributed by atoms with E-state index in [-0.39, 0.29) is 11.6 Å². The maximum atomic E-state index is 13.2. The van der Waals surface area contributed by atoms with Gasteiger partial charge in [-0.1, -0.05) is 29.7 Å². The van der Waals surface area contributed by atoms with Crippen molar-refractivity contribution in [2.24, 2.45) is 0 Å². The van der Waals surface area contributed by atoms with Gasteiger partial charge in [-0.2, -0.15) is 0 Å². The number of rotatable bonds is 6. The molecule has 0 spiro atoms. The minimum Gasteiger partial charge on any atom is -0.327 e. The number of nitrogens with zero attached hydrogens (tertiary/aromatic N) is 1. The lowest BCUT2D eigenvalue weighted by Gasteiger charge is -2.45. The molecule has 1 N–H and O–H groups in total. The van der Waals surface area contributed by atoms with Crippen LogP contribution in [-0.4, -0.2) is 30.1 Å². The largest absolute Gasteiger partial charge is 0.327 e. The van der Waals surface area contributed by atoms with Crippen LogP contribution in [0, 0.1) is 0 Å². The second-order valence-electron chi connectivity index (χ2n) is 8.11. The number of carbonyl (C=O) groups is 1. The van der Waals surface area contributed by atoms with Crippen molar-refractivity contribution in [1.82, 2.24) is 10.2 Å². The number of likely N-dealkylation sites (N-methyl/N-ethyl adjacent to an activating group) is 1. The fourth-order valence-corrected chi connectivity index (χ4v) is 4.81. The number of hydrogen-bond donors (Lipinski definition) is 1. The van der Waals surface area contributed by atoms with Gasteiger partial charge in [0.05, 0.1) is 12.1 Å². The molecular weight excluding hydrogens is 352 g/mol. The highest BCUT2D eigenvalue weighted by Gasteiger charge is 2.38. The molecule has 0 aliphatic heterocycles. The minimum absolute atomic E-state index is 0.206. The summed E-state index contributed by atoms with van der Waals surface area (Å²) in [5.74, 6) is 0.206. The Morgan fingerprint density at radius 1 is 1.15 bits per heavy atom. The normalized spacial score (nSPS) is 16.3. The molecule has 27 heavy (non-hydrogen) atoms. The zero-order chi connectivity index (χ0) is 19.4. The first-order valence-electron chi connectivity index (χ1n) is 10.0. The number of hydrogen-bond acceptors (Lipinski definition) is 3. The van der Waals surface area contributed by atoms with Gasteiger partial charge in [0.25, 0.3) is 0 Å². The van der Waals surface area contributed by atoms with Gasteiger partial charge in [-0.25, -0.2) is 0 Å². The highest BCUT2D eigenvalue weighted by molar-refractivity contribution is 7.17. The molecule has 1 amide bonds. The number of carbonyl (C=O) groups excluding carboxylic acids is 1. The van der Waals surface area contributed by atoms with Gasteiger partial charge in [-0.15, -0.1) is 11.3 Å². The fourth-order valence-electron chi connectivity index (χ4n) is 3.97. The molecule has 0 radical (unpaired) electrons. The van der Waals surface area contributed by atoms with Crippen molar-refractivity contribution in [2.45, 2.75) is 65.0 Å². The molecule has 2 aromatic rings. The molecule has 1 aliphatic carbocycles. The topological polar surface area (TPSA) is 32.3 Å². The molecule has 146 valence electrons. The average Bonchev–Trinajstić information content (AvgIpc) is 3.16. The van der Waals surface area contributed by atoms with E-state index in [9.17, 15) is 4.79 Å². The summed E-state index contributed by atoms with van der Waals surface area (Å²) in [7, 11) is 1.99. The van der Waals surface area contributed by atoms with Crippen LogP contribution in [0.3, 0.4) is 0 Å². The van der Waals surface area contributed by atoms with Crippen LogP contribution in [-0.2, 0) is 11.2 Å². The smallest absolute Gasteiger partial charge is 0.228 e. The van der Waals surface area contributed by atoms with Crippen molar-refractivity contribution >= 4 is 27.3 Å². The van der Waals surface area contributed by atoms with Crippen LogP contribution in [0.5, 0.6) is 0 Å². The quantitative estimate of drug-likeness (QED) is 0.526. The average molecular weight is 385 g/mol. The van der Waals surface area contributed by atoms with E-state index in [1.54, 1.807) is 11.3 Å². The monoisotopic (exact) mass is 384 g/mol. The Balaban J connectivity index is 1.78. The van der Waals surface area contributed by atoms with E-state index in [1.165, 1.54) is 40.5 Å². The molecule has 0 unspecified atom stereocenters. The molecule has 3 nitrogen and oxygen atoms in total. The Hall–Kier alpha value is -1.65. The SMILES string of the molecule is CC(C)=C(C)CNC1(N(C)C(=O)Cc2cccc3sccc23)CCCCC1. The molecule has 4 heteroatoms. The van der Waals surface area contributed by atoms with E-state index in [4.69, 9.17) is 0 Å². The molecule has 1 fully saturated rings. The Kier molecular flexibility index (Phi) is 6.38. The maximum Gasteiger partial charge on any atom is 0.228 e. The lowest BCUT2D eigenvalue weighted by atomic mass is 9.87. The van der Waals surface area contributed by atoms with Crippen LogP contribution in [0.15, 0.2) is 40.8 Å². The van der Waals surface area contributed by atoms with Crippen LogP contribution in [0.2, 0.25) is 0 Å². The number of fused-ring (bicyclic) bond motifs is 1. The van der Waals surface area contributed by atoms with E-state index < -0.39 is 0 Å². The summed E-state index contributed by atoms with van der Waals surface area (Å²) in [6.07, 6.45) is 6.16. The molecule has 3 rings (SSSR count). The van der Waals surface area contributed by atoms with E-state index >= 15 is 0 Å². The van der Waals surface area contributed by atoms with Gasteiger partial charge in [-0.3, -0.25) is 10.1 Å². The van der Waals surface area contributed by atoms with Crippen molar-refractivity contribution in [3.63, 3.8) is 0 Å². The van der Waals surface area contributed by atoms with Crippen LogP contribution < -0.4 is 5.32 Å². The summed E-state index contributed by atoms with van der Waals surface area (Å²) in [5, 5.41) is 7.09. The molecule has 1 heterocycles. The molecule has 0 bridgehead atoms. The van der Waals surface area contributed by atoms with Crippen LogP contribution >= 0.6 is 11.3 Å². The van der Waals surface area contributed by atoms with Crippen LogP contribution in [0.4, 0.5) is 0 Å². The number of amides is 1. The highest BCUT2D eigenvalue weighted by Crippen LogP contribution is 2.32. The molecule has 0 saturated heterocycles. The van der Waals surface area contributed by atoms with Crippen molar-refractivity contribution < 1.29 is 4.79 Å². The van der Waals surface area contributed by atoms with E-state index in [0.717, 1.165) is 24.9 Å². The second-order valence-corrected chi connectivity index (χ2v) is 9.05. The van der Waals surface area contributed by atoms with Crippen molar-refractivity contribution in [2.75, 3.05) is 13.6 Å². The lowest BCUT2D eigenvalue weighted by molar-refractivity contribution is -0.137. The second kappa shape index (κ2) is 8.57. The first kappa shape index (κ1) is 20.1. The van der Waals surface area contributed by atoms with Gasteiger partial charge in [-0.05, 0) is 74.9 Å². The van der Waals surface area contributed by atoms with E-state index in [1.807, 2.05) is 11.9 Å². The zero-order valence-electron chi connectivity index (χ0n) is 17.1. The summed E-state index contributed by atoms with van der Waals surface area (Å²) in [6.45, 7) is 7.33. The van der Waals surface area contributed by atoms with Gasteiger partial charge < -0.3 is 4.90 Å². The van der Waals surface area contributed by atoms with Crippen molar-refractivity contribution in [3.8, 4) is 0 Å². The number of nitrogens with one attached hydrogen (secondary N) is 1. The Morgan fingerprint density at radius 2 is 1.89 bits per heavy atom. The number of benzene rings is 1. The van der Waals surface area contributed by atoms with Gasteiger partial charge >= 0.3 is 0 Å². The Morgan fingerprint density at radius 3 is 2.59 bits per heavy atom. The predicted octanol–water partition coefficient (Wildman–Crippen LogP) is 5.51. The predicted molar refractivity (Wildman–Crippen MR) is 116 cm³/mol. The number of allylic oxidation sites excluding steroid dienone is 1. The standard InChI is InChI=1S/C23H32N2OS/c1-17(2)18(3)16-24-23(12-6-5-7-13-23)25(4)22(26)15-19-9-8-10-21-20(19)11-14-27-21/h8-11,14,24H,5-7,12-13,15-16H2,1-4H3. The maximum absolute atomic E-state index is 13.2. The van der Waals surface area contributed by atoms with Crippen molar-refractivity contribution in [1.29, 1.82) is 0 Å². The third-order valence-electron chi connectivity index (χ3n) is 6.16. The van der Waals surface area contributed by atoms with Gasteiger partial charge in [0.2, 0.25) is 5.91 Å². The number of thiophene rings is 1. The van der Waals surface area contributed by atoms with Crippen LogP contribution in [0.25, 0.3) is 10.1 Å². The fraction of sp³-hybridized carbons (Fsp3) is 0.522. The summed E-state index contributed by atoms with van der Waals surface area (Å²) < 4.78 is 1.26. The molecule has 1 aromatic carbocycles. The van der Waals surface area contributed by atoms with Gasteiger partial charge in [0.15, 0.2) is 0 Å². The minimum atomic E-state index is -0.214. The Bertz CT molecular complexity index is 826. The highest BCUT2D eigenvalue weighted by atomic mass is 32.1. The van der Waals surface area contributed by atoms with E-state index in [0.29, 0.717) is 6.42 Å². The zero-order valence-corrected chi connectivity index (χ0v) is 17.9. The third-order valence-corrected chi connectivity index (χ3v) is 7.04. The molecular formula is C23H32N2OS.